The Morgan fingerprint density at radius 3 is 2.22 bits per heavy atom. The Hall–Kier alpha value is -2.37. The number of aryl methyl sites for hydroxylation is 1. The minimum atomic E-state index is -0.644. The highest BCUT2D eigenvalue weighted by molar-refractivity contribution is 5.75. The number of ether oxygens (including phenoxy) is 1. The van der Waals surface area contributed by atoms with Gasteiger partial charge >= 0.3 is 0 Å². The molecule has 27 heavy (non-hydrogen) atoms. The van der Waals surface area contributed by atoms with E-state index in [4.69, 9.17) is 4.74 Å². The van der Waals surface area contributed by atoms with Gasteiger partial charge < -0.3 is 19.8 Å². The summed E-state index contributed by atoms with van der Waals surface area (Å²) in [6.07, 6.45) is 11.3. The third kappa shape index (κ3) is 9.78. The van der Waals surface area contributed by atoms with Gasteiger partial charge in [-0.25, -0.2) is 0 Å². The van der Waals surface area contributed by atoms with Crippen LogP contribution in [0.5, 0.6) is 5.75 Å². The Bertz CT molecular complexity index is 649. The van der Waals surface area contributed by atoms with Crippen LogP contribution in [0.3, 0.4) is 0 Å². The van der Waals surface area contributed by atoms with Crippen molar-refractivity contribution >= 4 is 5.91 Å². The van der Waals surface area contributed by atoms with E-state index in [0.29, 0.717) is 19.3 Å². The fraction of sp³-hybridized carbons (Fsp3) is 0.409. The van der Waals surface area contributed by atoms with Gasteiger partial charge in [0.1, 0.15) is 5.75 Å². The number of aliphatic hydroxyl groups is 2. The van der Waals surface area contributed by atoms with Gasteiger partial charge in [-0.05, 0) is 30.9 Å². The fourth-order valence-electron chi connectivity index (χ4n) is 2.41. The third-order valence-corrected chi connectivity index (χ3v) is 4.05. The Morgan fingerprint density at radius 2 is 1.63 bits per heavy atom. The van der Waals surface area contributed by atoms with Gasteiger partial charge in [-0.1, -0.05) is 54.7 Å². The highest BCUT2D eigenvalue weighted by Crippen LogP contribution is 2.19. The third-order valence-electron chi connectivity index (χ3n) is 4.05. The first-order valence-electron chi connectivity index (χ1n) is 9.14. The molecule has 1 aromatic carbocycles. The van der Waals surface area contributed by atoms with Crippen molar-refractivity contribution in [3.63, 3.8) is 0 Å². The van der Waals surface area contributed by atoms with Gasteiger partial charge in [0, 0.05) is 20.5 Å². The SMILES string of the molecule is COc1ccccc1CCC(O)/C=C/C=C/C=C/C(O)CCC(=O)N(C)C. The van der Waals surface area contributed by atoms with E-state index < -0.39 is 12.2 Å². The molecule has 148 valence electrons. The molecule has 0 heterocycles. The summed E-state index contributed by atoms with van der Waals surface area (Å²) in [5, 5.41) is 19.8. The summed E-state index contributed by atoms with van der Waals surface area (Å²) in [7, 11) is 5.04. The van der Waals surface area contributed by atoms with Crippen LogP contribution in [0.2, 0.25) is 0 Å². The number of benzene rings is 1. The van der Waals surface area contributed by atoms with Crippen LogP contribution in [-0.2, 0) is 11.2 Å². The molecule has 1 rings (SSSR count). The number of rotatable bonds is 11. The lowest BCUT2D eigenvalue weighted by Crippen LogP contribution is -2.22. The van der Waals surface area contributed by atoms with Gasteiger partial charge in [0.05, 0.1) is 19.3 Å². The van der Waals surface area contributed by atoms with Crippen molar-refractivity contribution < 1.29 is 19.7 Å². The molecule has 5 heteroatoms. The van der Waals surface area contributed by atoms with Crippen LogP contribution in [0.1, 0.15) is 24.8 Å². The first kappa shape index (κ1) is 22.7. The number of amides is 1. The number of hydrogen-bond acceptors (Lipinski definition) is 4. The van der Waals surface area contributed by atoms with Crippen molar-refractivity contribution in [2.45, 2.75) is 37.9 Å². The van der Waals surface area contributed by atoms with Crippen LogP contribution >= 0.6 is 0 Å². The van der Waals surface area contributed by atoms with Crippen LogP contribution in [0.4, 0.5) is 0 Å². The van der Waals surface area contributed by atoms with Gasteiger partial charge in [-0.2, -0.15) is 0 Å². The molecule has 0 spiro atoms. The molecule has 0 fully saturated rings. The van der Waals surface area contributed by atoms with Crippen LogP contribution in [0.15, 0.2) is 60.7 Å². The second-order valence-electron chi connectivity index (χ2n) is 6.47. The average molecular weight is 373 g/mol. The molecule has 2 N–H and O–H groups in total. The van der Waals surface area contributed by atoms with Gasteiger partial charge in [0.15, 0.2) is 0 Å². The van der Waals surface area contributed by atoms with E-state index in [1.54, 1.807) is 57.7 Å². The molecule has 2 unspecified atom stereocenters. The van der Waals surface area contributed by atoms with Crippen molar-refractivity contribution in [2.24, 2.45) is 0 Å². The number of carbonyl (C=O) groups is 1. The maximum Gasteiger partial charge on any atom is 0.222 e. The summed E-state index contributed by atoms with van der Waals surface area (Å²) in [4.78, 5) is 13.0. The van der Waals surface area contributed by atoms with Crippen LogP contribution in [-0.4, -0.2) is 54.4 Å². The topological polar surface area (TPSA) is 70.0 Å². The Morgan fingerprint density at radius 1 is 1.04 bits per heavy atom. The highest BCUT2D eigenvalue weighted by Gasteiger charge is 2.06. The van der Waals surface area contributed by atoms with E-state index in [1.807, 2.05) is 24.3 Å². The van der Waals surface area contributed by atoms with Crippen molar-refractivity contribution in [3.05, 3.63) is 66.3 Å². The molecule has 0 aromatic heterocycles. The van der Waals surface area contributed by atoms with Crippen molar-refractivity contribution in [2.75, 3.05) is 21.2 Å². The fourth-order valence-corrected chi connectivity index (χ4v) is 2.41. The molecule has 0 radical (unpaired) electrons. The summed E-state index contributed by atoms with van der Waals surface area (Å²) >= 11 is 0. The summed E-state index contributed by atoms with van der Waals surface area (Å²) < 4.78 is 5.30. The summed E-state index contributed by atoms with van der Waals surface area (Å²) in [5.41, 5.74) is 1.08. The lowest BCUT2D eigenvalue weighted by atomic mass is 10.1. The normalized spacial score (nSPS) is 14.1. The Labute approximate surface area is 162 Å². The molecule has 0 saturated heterocycles. The van der Waals surface area contributed by atoms with E-state index in [2.05, 4.69) is 0 Å². The van der Waals surface area contributed by atoms with Gasteiger partial charge in [0.25, 0.3) is 0 Å². The van der Waals surface area contributed by atoms with E-state index in [9.17, 15) is 15.0 Å². The Balaban J connectivity index is 2.30. The molecule has 5 nitrogen and oxygen atoms in total. The Kier molecular flexibility index (Phi) is 10.8. The van der Waals surface area contributed by atoms with Crippen LogP contribution in [0.25, 0.3) is 0 Å². The smallest absolute Gasteiger partial charge is 0.222 e. The number of hydrogen-bond donors (Lipinski definition) is 2. The first-order valence-corrected chi connectivity index (χ1v) is 9.14. The van der Waals surface area contributed by atoms with Crippen LogP contribution < -0.4 is 4.74 Å². The molecular weight excluding hydrogens is 342 g/mol. The monoisotopic (exact) mass is 373 g/mol. The predicted octanol–water partition coefficient (Wildman–Crippen LogP) is 2.89. The molecule has 0 aliphatic rings. The minimum Gasteiger partial charge on any atom is -0.496 e. The minimum absolute atomic E-state index is 0.00281. The molecule has 1 amide bonds. The maximum absolute atomic E-state index is 11.4. The lowest BCUT2D eigenvalue weighted by molar-refractivity contribution is -0.129. The highest BCUT2D eigenvalue weighted by atomic mass is 16.5. The van der Waals surface area contributed by atoms with Crippen molar-refractivity contribution in [1.29, 1.82) is 0 Å². The van der Waals surface area contributed by atoms with E-state index in [0.717, 1.165) is 17.7 Å². The summed E-state index contributed by atoms with van der Waals surface area (Å²) in [6, 6.07) is 7.79. The molecule has 1 aromatic rings. The lowest BCUT2D eigenvalue weighted by Gasteiger charge is -2.10. The average Bonchev–Trinajstić information content (AvgIpc) is 2.67. The van der Waals surface area contributed by atoms with E-state index in [-0.39, 0.29) is 5.91 Å². The first-order chi connectivity index (χ1) is 12.9. The second kappa shape index (κ2) is 12.9. The number of allylic oxidation sites excluding steroid dienone is 4. The number of methoxy groups -OCH3 is 1. The zero-order valence-electron chi connectivity index (χ0n) is 16.4. The zero-order chi connectivity index (χ0) is 20.1. The standard InChI is InChI=1S/C22H31NO4/c1-23(2)22(26)17-16-20(25)12-7-5-4-6-11-19(24)15-14-18-10-8-9-13-21(18)27-3/h4-13,19-20,24-25H,14-17H2,1-3H3/b5-4+,11-6+,12-7+. The molecule has 0 saturated carbocycles. The summed E-state index contributed by atoms with van der Waals surface area (Å²) in [6.45, 7) is 0. The molecular formula is C22H31NO4. The number of nitrogens with zero attached hydrogens (tertiary/aromatic N) is 1. The predicted molar refractivity (Wildman–Crippen MR) is 109 cm³/mol. The quantitative estimate of drug-likeness (QED) is 0.585. The van der Waals surface area contributed by atoms with Crippen LogP contribution in [0, 0.1) is 0 Å². The van der Waals surface area contributed by atoms with Crippen molar-refractivity contribution in [3.8, 4) is 5.75 Å². The molecule has 0 bridgehead atoms. The van der Waals surface area contributed by atoms with Gasteiger partial charge in [-0.15, -0.1) is 0 Å². The molecule has 2 atom stereocenters. The largest absolute Gasteiger partial charge is 0.496 e. The number of para-hydroxylation sites is 1. The summed E-state index contributed by atoms with van der Waals surface area (Å²) in [5.74, 6) is 0.840. The van der Waals surface area contributed by atoms with Crippen molar-refractivity contribution in [1.82, 2.24) is 4.90 Å². The zero-order valence-corrected chi connectivity index (χ0v) is 16.4. The van der Waals surface area contributed by atoms with Gasteiger partial charge in [0.2, 0.25) is 5.91 Å². The van der Waals surface area contributed by atoms with E-state index in [1.165, 1.54) is 4.90 Å². The number of carbonyl (C=O) groups excluding carboxylic acids is 1. The van der Waals surface area contributed by atoms with E-state index >= 15 is 0 Å². The second-order valence-corrected chi connectivity index (χ2v) is 6.47. The maximum atomic E-state index is 11.4. The molecule has 0 aliphatic carbocycles. The molecule has 0 aliphatic heterocycles. The van der Waals surface area contributed by atoms with Gasteiger partial charge in [-0.3, -0.25) is 4.79 Å². The number of aliphatic hydroxyl groups excluding tert-OH is 2.